The predicted octanol–water partition coefficient (Wildman–Crippen LogP) is 4.02. The molecule has 0 aromatic heterocycles. The third kappa shape index (κ3) is 6.06. The maximum atomic E-state index is 12.8. The van der Waals surface area contributed by atoms with E-state index in [0.29, 0.717) is 11.6 Å². The van der Waals surface area contributed by atoms with E-state index in [9.17, 15) is 9.59 Å². The van der Waals surface area contributed by atoms with Gasteiger partial charge in [-0.25, -0.2) is 0 Å². The minimum absolute atomic E-state index is 0.103. The van der Waals surface area contributed by atoms with Crippen molar-refractivity contribution in [3.63, 3.8) is 0 Å². The maximum Gasteiger partial charge on any atom is 0.241 e. The number of ether oxygens (including phenoxy) is 1. The van der Waals surface area contributed by atoms with Gasteiger partial charge in [0.15, 0.2) is 0 Å². The number of nitrogens with zero attached hydrogens (tertiary/aromatic N) is 1. The number of carbonyl (C=O) groups excluding carboxylic acids is 2. The molecule has 0 heterocycles. The summed E-state index contributed by atoms with van der Waals surface area (Å²) in [6, 6.07) is 12.7. The summed E-state index contributed by atoms with van der Waals surface area (Å²) in [5.41, 5.74) is 3.67. The zero-order valence-electron chi connectivity index (χ0n) is 18.1. The molecule has 0 radical (unpaired) electrons. The summed E-state index contributed by atoms with van der Waals surface area (Å²) in [6.07, 6.45) is 0. The molecule has 0 saturated carbocycles. The van der Waals surface area contributed by atoms with Gasteiger partial charge in [0.25, 0.3) is 0 Å². The van der Waals surface area contributed by atoms with Gasteiger partial charge < -0.3 is 15.4 Å². The van der Waals surface area contributed by atoms with Crippen molar-refractivity contribution in [2.75, 3.05) is 31.3 Å². The molecule has 6 heteroatoms. The SMILES string of the molecule is COc1ccc(NC(=O)CN(C)[C@@H](C)C(=O)Nc2c(C)cccc2C(C)C)cc1. The van der Waals surface area contributed by atoms with Gasteiger partial charge in [-0.2, -0.15) is 0 Å². The number of amides is 2. The first-order valence-electron chi connectivity index (χ1n) is 9.77. The Bertz CT molecular complexity index is 847. The fourth-order valence-electron chi connectivity index (χ4n) is 3.01. The van der Waals surface area contributed by atoms with Crippen molar-refractivity contribution in [2.45, 2.75) is 39.7 Å². The second kappa shape index (κ2) is 10.1. The number of aryl methyl sites for hydroxylation is 1. The van der Waals surface area contributed by atoms with E-state index in [-0.39, 0.29) is 18.4 Å². The summed E-state index contributed by atoms with van der Waals surface area (Å²) in [5.74, 6) is 0.702. The molecular formula is C23H31N3O3. The van der Waals surface area contributed by atoms with Crippen molar-refractivity contribution in [3.05, 3.63) is 53.6 Å². The van der Waals surface area contributed by atoms with Crippen molar-refractivity contribution in [1.82, 2.24) is 4.90 Å². The number of carbonyl (C=O) groups is 2. The highest BCUT2D eigenvalue weighted by Crippen LogP contribution is 2.27. The van der Waals surface area contributed by atoms with E-state index in [1.165, 1.54) is 0 Å². The van der Waals surface area contributed by atoms with Crippen molar-refractivity contribution < 1.29 is 14.3 Å². The number of likely N-dealkylation sites (N-methyl/N-ethyl adjacent to an activating group) is 1. The average Bonchev–Trinajstić information content (AvgIpc) is 2.69. The Morgan fingerprint density at radius 2 is 1.69 bits per heavy atom. The number of rotatable bonds is 8. The smallest absolute Gasteiger partial charge is 0.241 e. The highest BCUT2D eigenvalue weighted by Gasteiger charge is 2.22. The number of hydrogen-bond acceptors (Lipinski definition) is 4. The zero-order valence-corrected chi connectivity index (χ0v) is 18.1. The van der Waals surface area contributed by atoms with Crippen LogP contribution >= 0.6 is 0 Å². The quantitative estimate of drug-likeness (QED) is 0.706. The van der Waals surface area contributed by atoms with Crippen LogP contribution in [0.4, 0.5) is 11.4 Å². The molecule has 0 fully saturated rings. The molecule has 2 N–H and O–H groups in total. The van der Waals surface area contributed by atoms with Gasteiger partial charge in [-0.3, -0.25) is 14.5 Å². The van der Waals surface area contributed by atoms with E-state index in [2.05, 4.69) is 24.5 Å². The molecule has 29 heavy (non-hydrogen) atoms. The van der Waals surface area contributed by atoms with E-state index >= 15 is 0 Å². The van der Waals surface area contributed by atoms with Crippen molar-refractivity contribution >= 4 is 23.2 Å². The number of anilines is 2. The van der Waals surface area contributed by atoms with Crippen molar-refractivity contribution in [1.29, 1.82) is 0 Å². The molecule has 156 valence electrons. The van der Waals surface area contributed by atoms with Crippen molar-refractivity contribution in [2.24, 2.45) is 0 Å². The van der Waals surface area contributed by atoms with Gasteiger partial charge >= 0.3 is 0 Å². The molecule has 0 aliphatic carbocycles. The van der Waals surface area contributed by atoms with Gasteiger partial charge in [-0.05, 0) is 62.2 Å². The van der Waals surface area contributed by atoms with Crippen molar-refractivity contribution in [3.8, 4) is 5.75 Å². The van der Waals surface area contributed by atoms with Crippen LogP contribution in [0.25, 0.3) is 0 Å². The van der Waals surface area contributed by atoms with E-state index in [0.717, 1.165) is 22.6 Å². The molecule has 0 unspecified atom stereocenters. The molecule has 2 rings (SSSR count). The van der Waals surface area contributed by atoms with Gasteiger partial charge in [0.1, 0.15) is 5.75 Å². The predicted molar refractivity (Wildman–Crippen MR) is 118 cm³/mol. The molecule has 0 bridgehead atoms. The van der Waals surface area contributed by atoms with Crippen LogP contribution in [-0.4, -0.2) is 43.5 Å². The van der Waals surface area contributed by atoms with Gasteiger partial charge in [0, 0.05) is 11.4 Å². The molecule has 0 aliphatic rings. The Labute approximate surface area is 173 Å². The third-order valence-electron chi connectivity index (χ3n) is 4.98. The Hall–Kier alpha value is -2.86. The lowest BCUT2D eigenvalue weighted by Crippen LogP contribution is -2.43. The molecule has 2 amide bonds. The monoisotopic (exact) mass is 397 g/mol. The van der Waals surface area contributed by atoms with E-state index < -0.39 is 6.04 Å². The van der Waals surface area contributed by atoms with Crippen LogP contribution in [0.1, 0.15) is 37.8 Å². The Morgan fingerprint density at radius 3 is 2.28 bits per heavy atom. The van der Waals surface area contributed by atoms with Gasteiger partial charge in [-0.1, -0.05) is 32.0 Å². The minimum atomic E-state index is -0.462. The van der Waals surface area contributed by atoms with Crippen LogP contribution in [0.2, 0.25) is 0 Å². The van der Waals surface area contributed by atoms with Gasteiger partial charge in [0.05, 0.1) is 19.7 Å². The first kappa shape index (κ1) is 22.4. The topological polar surface area (TPSA) is 70.7 Å². The van der Waals surface area contributed by atoms with Crippen LogP contribution in [0.5, 0.6) is 5.75 Å². The number of benzene rings is 2. The van der Waals surface area contributed by atoms with Crippen LogP contribution in [-0.2, 0) is 9.59 Å². The number of nitrogens with one attached hydrogen (secondary N) is 2. The molecule has 2 aromatic carbocycles. The largest absolute Gasteiger partial charge is 0.497 e. The molecule has 1 atom stereocenters. The Morgan fingerprint density at radius 1 is 1.03 bits per heavy atom. The zero-order chi connectivity index (χ0) is 21.6. The summed E-state index contributed by atoms with van der Waals surface area (Å²) in [5, 5.41) is 5.88. The fourth-order valence-corrected chi connectivity index (χ4v) is 3.01. The second-order valence-corrected chi connectivity index (χ2v) is 7.55. The number of hydrogen-bond donors (Lipinski definition) is 2. The third-order valence-corrected chi connectivity index (χ3v) is 4.98. The van der Waals surface area contributed by atoms with Crippen LogP contribution in [0, 0.1) is 6.92 Å². The summed E-state index contributed by atoms with van der Waals surface area (Å²) in [6.45, 7) is 8.08. The molecule has 0 aliphatic heterocycles. The van der Waals surface area contributed by atoms with E-state index in [1.54, 1.807) is 50.2 Å². The summed E-state index contributed by atoms with van der Waals surface area (Å²) < 4.78 is 5.11. The molecule has 6 nitrogen and oxygen atoms in total. The first-order valence-corrected chi connectivity index (χ1v) is 9.77. The first-order chi connectivity index (χ1) is 13.7. The van der Waals surface area contributed by atoms with Crippen LogP contribution in [0.3, 0.4) is 0 Å². The maximum absolute atomic E-state index is 12.8. The highest BCUT2D eigenvalue weighted by molar-refractivity contribution is 5.97. The van der Waals surface area contributed by atoms with E-state index in [4.69, 9.17) is 4.74 Å². The Kier molecular flexibility index (Phi) is 7.79. The van der Waals surface area contributed by atoms with Gasteiger partial charge in [-0.15, -0.1) is 0 Å². The lowest BCUT2D eigenvalue weighted by molar-refractivity contribution is -0.122. The average molecular weight is 398 g/mol. The molecule has 0 saturated heterocycles. The molecule has 0 spiro atoms. The minimum Gasteiger partial charge on any atom is -0.497 e. The Balaban J connectivity index is 1.97. The normalized spacial score (nSPS) is 12.0. The summed E-state index contributed by atoms with van der Waals surface area (Å²) in [7, 11) is 3.36. The molecular weight excluding hydrogens is 366 g/mol. The number of methoxy groups -OCH3 is 1. The lowest BCUT2D eigenvalue weighted by atomic mass is 9.98. The second-order valence-electron chi connectivity index (χ2n) is 7.55. The highest BCUT2D eigenvalue weighted by atomic mass is 16.5. The van der Waals surface area contributed by atoms with Crippen LogP contribution in [0.15, 0.2) is 42.5 Å². The summed E-state index contributed by atoms with van der Waals surface area (Å²) in [4.78, 5) is 26.9. The molecule has 2 aromatic rings. The van der Waals surface area contributed by atoms with Gasteiger partial charge in [0.2, 0.25) is 11.8 Å². The fraction of sp³-hybridized carbons (Fsp3) is 0.391. The van der Waals surface area contributed by atoms with Crippen LogP contribution < -0.4 is 15.4 Å². The standard InChI is InChI=1S/C23H31N3O3/c1-15(2)20-9-7-8-16(3)22(20)25-23(28)17(4)26(5)14-21(27)24-18-10-12-19(29-6)13-11-18/h7-13,15,17H,14H2,1-6H3,(H,24,27)(H,25,28)/t17-/m0/s1. The summed E-state index contributed by atoms with van der Waals surface area (Å²) >= 11 is 0. The number of para-hydroxylation sites is 1. The van der Waals surface area contributed by atoms with E-state index in [1.807, 2.05) is 25.1 Å². The lowest BCUT2D eigenvalue weighted by Gasteiger charge is -2.25.